The molecule has 0 saturated heterocycles. The highest BCUT2D eigenvalue weighted by molar-refractivity contribution is 6.12. The van der Waals surface area contributed by atoms with Crippen LogP contribution < -0.4 is 0 Å². The predicted octanol–water partition coefficient (Wildman–Crippen LogP) is 12.9. The van der Waals surface area contributed by atoms with Crippen LogP contribution in [0.2, 0.25) is 0 Å². The molecule has 0 spiro atoms. The fraction of sp³-hybridized carbons (Fsp3) is 0. The van der Waals surface area contributed by atoms with Crippen LogP contribution in [0.15, 0.2) is 188 Å². The summed E-state index contributed by atoms with van der Waals surface area (Å²) >= 11 is 0. The Balaban J connectivity index is 1.33. The van der Waals surface area contributed by atoms with Gasteiger partial charge >= 0.3 is 0 Å². The third-order valence-corrected chi connectivity index (χ3v) is 10.1. The number of benzene rings is 8. The summed E-state index contributed by atoms with van der Waals surface area (Å²) in [6.45, 7) is 0. The van der Waals surface area contributed by atoms with Gasteiger partial charge in [-0.1, -0.05) is 152 Å². The molecule has 53 heavy (non-hydrogen) atoms. The molecule has 9 aromatic rings. The highest BCUT2D eigenvalue weighted by atomic mass is 15.0. The van der Waals surface area contributed by atoms with E-state index in [1.807, 2.05) is 60.7 Å². The van der Waals surface area contributed by atoms with Crippen molar-refractivity contribution in [1.29, 1.82) is 10.5 Å². The Morgan fingerprint density at radius 2 is 0.736 bits per heavy atom. The minimum absolute atomic E-state index is 0.430. The van der Waals surface area contributed by atoms with E-state index in [0.29, 0.717) is 16.8 Å². The van der Waals surface area contributed by atoms with E-state index in [1.54, 1.807) is 0 Å². The molecule has 0 N–H and O–H groups in total. The molecule has 9 rings (SSSR count). The summed E-state index contributed by atoms with van der Waals surface area (Å²) in [6, 6.07) is 69.5. The van der Waals surface area contributed by atoms with Crippen LogP contribution in [0.1, 0.15) is 11.1 Å². The quantitative estimate of drug-likeness (QED) is 0.176. The largest absolute Gasteiger partial charge is 0.307 e. The Morgan fingerprint density at radius 1 is 0.340 bits per heavy atom. The van der Waals surface area contributed by atoms with Crippen LogP contribution in [0, 0.1) is 22.7 Å². The fourth-order valence-corrected chi connectivity index (χ4v) is 7.65. The lowest BCUT2D eigenvalue weighted by Gasteiger charge is -2.19. The molecular weight excluding hydrogens is 643 g/mol. The van der Waals surface area contributed by atoms with Crippen molar-refractivity contribution >= 4 is 21.8 Å². The molecule has 0 aliphatic heterocycles. The van der Waals surface area contributed by atoms with E-state index in [1.165, 1.54) is 0 Å². The smallest absolute Gasteiger partial charge is 0.101 e. The summed E-state index contributed by atoms with van der Waals surface area (Å²) in [5.41, 5.74) is 13.7. The van der Waals surface area contributed by atoms with E-state index in [4.69, 9.17) is 0 Å². The topological polar surface area (TPSA) is 52.5 Å². The second-order valence-electron chi connectivity index (χ2n) is 13.1. The molecule has 0 fully saturated rings. The van der Waals surface area contributed by atoms with Gasteiger partial charge < -0.3 is 4.57 Å². The Kier molecular flexibility index (Phi) is 7.94. The van der Waals surface area contributed by atoms with Crippen LogP contribution in [-0.2, 0) is 0 Å². The Morgan fingerprint density at radius 3 is 1.13 bits per heavy atom. The average Bonchev–Trinajstić information content (AvgIpc) is 3.56. The molecule has 246 valence electrons. The van der Waals surface area contributed by atoms with Crippen LogP contribution >= 0.6 is 0 Å². The zero-order chi connectivity index (χ0) is 35.7. The van der Waals surface area contributed by atoms with Crippen molar-refractivity contribution in [3.8, 4) is 73.5 Å². The van der Waals surface area contributed by atoms with Crippen molar-refractivity contribution in [3.63, 3.8) is 0 Å². The number of hydrogen-bond donors (Lipinski definition) is 0. The van der Waals surface area contributed by atoms with E-state index < -0.39 is 0 Å². The van der Waals surface area contributed by atoms with Gasteiger partial charge in [-0.3, -0.25) is 0 Å². The number of hydrogen-bond acceptors (Lipinski definition) is 2. The van der Waals surface area contributed by atoms with Crippen molar-refractivity contribution in [3.05, 3.63) is 199 Å². The molecule has 0 aliphatic carbocycles. The SMILES string of the molecule is N#Cc1cc(-c2c(-c3ccccc3)cccc2-c2ccccc2)cc(C#N)c1-n1c2ccc(-c3ccccc3)cc2c2cc(-c3ccccc3)ccc21. The van der Waals surface area contributed by atoms with Crippen LogP contribution in [-0.4, -0.2) is 4.57 Å². The maximum atomic E-state index is 10.9. The van der Waals surface area contributed by atoms with Gasteiger partial charge in [-0.25, -0.2) is 0 Å². The summed E-state index contributed by atoms with van der Waals surface area (Å²) in [5, 5.41) is 24.0. The molecule has 0 radical (unpaired) electrons. The van der Waals surface area contributed by atoms with Crippen LogP contribution in [0.5, 0.6) is 0 Å². The van der Waals surface area contributed by atoms with E-state index in [0.717, 1.165) is 77.4 Å². The second-order valence-corrected chi connectivity index (χ2v) is 13.1. The highest BCUT2D eigenvalue weighted by Crippen LogP contribution is 2.43. The van der Waals surface area contributed by atoms with Gasteiger partial charge in [0.05, 0.1) is 27.8 Å². The monoisotopic (exact) mass is 673 g/mol. The van der Waals surface area contributed by atoms with Crippen molar-refractivity contribution < 1.29 is 0 Å². The van der Waals surface area contributed by atoms with Gasteiger partial charge in [0.1, 0.15) is 12.1 Å². The first-order valence-electron chi connectivity index (χ1n) is 17.6. The summed E-state index contributed by atoms with van der Waals surface area (Å²) in [6.07, 6.45) is 0. The Bertz CT molecular complexity index is 2690. The number of fused-ring (bicyclic) bond motifs is 3. The summed E-state index contributed by atoms with van der Waals surface area (Å²) in [4.78, 5) is 0. The fourth-order valence-electron chi connectivity index (χ4n) is 7.65. The maximum absolute atomic E-state index is 10.9. The van der Waals surface area contributed by atoms with Crippen LogP contribution in [0.4, 0.5) is 0 Å². The minimum Gasteiger partial charge on any atom is -0.307 e. The first kappa shape index (κ1) is 31.5. The van der Waals surface area contributed by atoms with Gasteiger partial charge in [-0.05, 0) is 92.0 Å². The van der Waals surface area contributed by atoms with E-state index in [9.17, 15) is 10.5 Å². The summed E-state index contributed by atoms with van der Waals surface area (Å²) in [5.74, 6) is 0. The minimum atomic E-state index is 0.430. The maximum Gasteiger partial charge on any atom is 0.101 e. The molecule has 0 unspecified atom stereocenters. The number of aromatic nitrogens is 1. The van der Waals surface area contributed by atoms with Crippen molar-refractivity contribution in [2.75, 3.05) is 0 Å². The van der Waals surface area contributed by atoms with Crippen molar-refractivity contribution in [1.82, 2.24) is 4.57 Å². The predicted molar refractivity (Wildman–Crippen MR) is 217 cm³/mol. The molecule has 1 heterocycles. The molecule has 0 saturated carbocycles. The van der Waals surface area contributed by atoms with Crippen LogP contribution in [0.25, 0.3) is 83.1 Å². The van der Waals surface area contributed by atoms with Gasteiger partial charge in [0.15, 0.2) is 0 Å². The highest BCUT2D eigenvalue weighted by Gasteiger charge is 2.23. The van der Waals surface area contributed by atoms with E-state index in [2.05, 4.69) is 144 Å². The standard InChI is InChI=1S/C50H31N3/c51-32-41-28-40(49-43(36-18-9-3-10-19-36)22-13-23-44(49)37-20-11-4-12-21-37)29-42(33-52)50(41)53-47-26-24-38(34-14-5-1-6-15-34)30-45(47)46-31-39(25-27-48(46)53)35-16-7-2-8-17-35/h1-31H. The molecule has 3 nitrogen and oxygen atoms in total. The Hall–Kier alpha value is -7.46. The molecule has 0 amide bonds. The van der Waals surface area contributed by atoms with Gasteiger partial charge in [-0.15, -0.1) is 0 Å². The van der Waals surface area contributed by atoms with Crippen molar-refractivity contribution in [2.45, 2.75) is 0 Å². The lowest BCUT2D eigenvalue weighted by molar-refractivity contribution is 1.16. The van der Waals surface area contributed by atoms with E-state index >= 15 is 0 Å². The first-order valence-corrected chi connectivity index (χ1v) is 17.6. The normalized spacial score (nSPS) is 11.0. The zero-order valence-corrected chi connectivity index (χ0v) is 28.7. The molecule has 0 aliphatic rings. The molecule has 8 aromatic carbocycles. The van der Waals surface area contributed by atoms with Gasteiger partial charge in [0.2, 0.25) is 0 Å². The summed E-state index contributed by atoms with van der Waals surface area (Å²) in [7, 11) is 0. The number of rotatable bonds is 6. The zero-order valence-electron chi connectivity index (χ0n) is 28.7. The second kappa shape index (κ2) is 13.3. The third kappa shape index (κ3) is 5.55. The lowest BCUT2D eigenvalue weighted by Crippen LogP contribution is -2.03. The molecule has 3 heteroatoms. The third-order valence-electron chi connectivity index (χ3n) is 10.1. The summed E-state index contributed by atoms with van der Waals surface area (Å²) < 4.78 is 2.11. The molecular formula is C50H31N3. The Labute approximate surface area is 308 Å². The molecule has 1 aromatic heterocycles. The molecule has 0 atom stereocenters. The van der Waals surface area contributed by atoms with Crippen molar-refractivity contribution in [2.24, 2.45) is 0 Å². The van der Waals surface area contributed by atoms with E-state index in [-0.39, 0.29) is 0 Å². The number of nitrogens with zero attached hydrogens (tertiary/aromatic N) is 3. The van der Waals surface area contributed by atoms with Gasteiger partial charge in [-0.2, -0.15) is 10.5 Å². The van der Waals surface area contributed by atoms with Crippen LogP contribution in [0.3, 0.4) is 0 Å². The van der Waals surface area contributed by atoms with Gasteiger partial charge in [0.25, 0.3) is 0 Å². The number of nitriles is 2. The lowest BCUT2D eigenvalue weighted by atomic mass is 9.86. The first-order chi connectivity index (χ1) is 26.2. The van der Waals surface area contributed by atoms with Gasteiger partial charge in [0, 0.05) is 10.8 Å². The molecule has 0 bridgehead atoms. The average molecular weight is 674 g/mol.